The zero-order valence-electron chi connectivity index (χ0n) is 12.5. The summed E-state index contributed by atoms with van der Waals surface area (Å²) >= 11 is 0. The summed E-state index contributed by atoms with van der Waals surface area (Å²) in [4.78, 5) is 10.2. The third-order valence-corrected chi connectivity index (χ3v) is 2.55. The topological polar surface area (TPSA) is 57.5 Å². The molecule has 0 fully saturated rings. The molecule has 0 heterocycles. The summed E-state index contributed by atoms with van der Waals surface area (Å²) in [6.45, 7) is 6.42. The monoisotopic (exact) mass is 276 g/mol. The molecule has 0 amide bonds. The van der Waals surface area contributed by atoms with Crippen LogP contribution in [0.2, 0.25) is 0 Å². The average molecular weight is 276 g/mol. The molecule has 0 saturated heterocycles. The Bertz CT molecular complexity index is 441. The van der Waals surface area contributed by atoms with Gasteiger partial charge in [0.1, 0.15) is 0 Å². The van der Waals surface area contributed by atoms with E-state index in [1.165, 1.54) is 11.1 Å². The van der Waals surface area contributed by atoms with Gasteiger partial charge in [-0.25, -0.2) is 4.79 Å². The number of hydrogen-bond donors (Lipinski definition) is 2. The largest absolute Gasteiger partial charge is 0.478 e. The number of hydrogen-bond acceptors (Lipinski definition) is 2. The molecule has 1 aromatic carbocycles. The van der Waals surface area contributed by atoms with Crippen molar-refractivity contribution in [3.05, 3.63) is 59.2 Å². The first-order chi connectivity index (χ1) is 9.47. The van der Waals surface area contributed by atoms with Crippen molar-refractivity contribution in [2.45, 2.75) is 33.6 Å². The van der Waals surface area contributed by atoms with Gasteiger partial charge in [0.25, 0.3) is 0 Å². The van der Waals surface area contributed by atoms with E-state index in [4.69, 9.17) is 10.2 Å². The third-order valence-electron chi connectivity index (χ3n) is 2.55. The van der Waals surface area contributed by atoms with E-state index in [2.05, 4.69) is 26.8 Å². The van der Waals surface area contributed by atoms with E-state index in [0.29, 0.717) is 5.56 Å². The minimum Gasteiger partial charge on any atom is -0.478 e. The molecule has 3 heteroatoms. The summed E-state index contributed by atoms with van der Waals surface area (Å²) in [6, 6.07) is 8.30. The van der Waals surface area contributed by atoms with Crippen LogP contribution in [0, 0.1) is 0 Å². The van der Waals surface area contributed by atoms with Crippen LogP contribution in [0.4, 0.5) is 0 Å². The minimum absolute atomic E-state index is 0.167. The van der Waals surface area contributed by atoms with Crippen molar-refractivity contribution >= 4 is 5.97 Å². The number of rotatable bonds is 5. The highest BCUT2D eigenvalue weighted by atomic mass is 16.4. The smallest absolute Gasteiger partial charge is 0.335 e. The fraction of sp³-hybridized carbons (Fsp3) is 0.353. The maximum absolute atomic E-state index is 10.2. The van der Waals surface area contributed by atoms with Crippen molar-refractivity contribution in [3.63, 3.8) is 0 Å². The van der Waals surface area contributed by atoms with E-state index in [1.807, 2.05) is 6.08 Å². The molecule has 0 bridgehead atoms. The van der Waals surface area contributed by atoms with Crippen molar-refractivity contribution in [2.24, 2.45) is 0 Å². The zero-order valence-corrected chi connectivity index (χ0v) is 12.5. The van der Waals surface area contributed by atoms with Crippen molar-refractivity contribution in [1.29, 1.82) is 0 Å². The summed E-state index contributed by atoms with van der Waals surface area (Å²) in [5.74, 6) is -0.879. The lowest BCUT2D eigenvalue weighted by atomic mass is 10.1. The van der Waals surface area contributed by atoms with Crippen molar-refractivity contribution in [1.82, 2.24) is 0 Å². The molecule has 3 nitrogen and oxygen atoms in total. The van der Waals surface area contributed by atoms with Crippen molar-refractivity contribution in [2.75, 3.05) is 6.61 Å². The molecule has 1 rings (SSSR count). The Labute approximate surface area is 121 Å². The highest BCUT2D eigenvalue weighted by Gasteiger charge is 1.96. The predicted octanol–water partition coefficient (Wildman–Crippen LogP) is 4.06. The summed E-state index contributed by atoms with van der Waals surface area (Å²) in [5.41, 5.74) is 2.96. The van der Waals surface area contributed by atoms with Gasteiger partial charge in [-0.05, 0) is 45.7 Å². The molecular formula is C17H24O3. The highest BCUT2D eigenvalue weighted by molar-refractivity contribution is 5.87. The van der Waals surface area contributed by atoms with Crippen LogP contribution < -0.4 is 0 Å². The maximum atomic E-state index is 10.2. The molecular weight excluding hydrogens is 252 g/mol. The number of aromatic carboxylic acids is 1. The maximum Gasteiger partial charge on any atom is 0.335 e. The van der Waals surface area contributed by atoms with Crippen LogP contribution in [0.15, 0.2) is 53.6 Å². The number of aliphatic hydroxyl groups is 1. The van der Waals surface area contributed by atoms with E-state index < -0.39 is 5.97 Å². The normalized spacial score (nSPS) is 10.3. The molecule has 0 aliphatic rings. The Morgan fingerprint density at radius 3 is 2.10 bits per heavy atom. The van der Waals surface area contributed by atoms with Gasteiger partial charge in [0.15, 0.2) is 0 Å². The molecule has 1 aromatic rings. The number of allylic oxidation sites excluding steroid dienone is 3. The Balaban J connectivity index is 0.000000367. The molecule has 0 aliphatic heterocycles. The third kappa shape index (κ3) is 10.1. The van der Waals surface area contributed by atoms with Crippen LogP contribution in [-0.4, -0.2) is 22.8 Å². The van der Waals surface area contributed by atoms with Gasteiger partial charge in [-0.1, -0.05) is 41.5 Å². The molecule has 0 unspecified atom stereocenters. The van der Waals surface area contributed by atoms with Crippen molar-refractivity contribution < 1.29 is 15.0 Å². The highest BCUT2D eigenvalue weighted by Crippen LogP contribution is 2.05. The predicted molar refractivity (Wildman–Crippen MR) is 82.9 cm³/mol. The fourth-order valence-corrected chi connectivity index (χ4v) is 1.43. The molecule has 0 aliphatic carbocycles. The van der Waals surface area contributed by atoms with E-state index in [9.17, 15) is 4.79 Å². The van der Waals surface area contributed by atoms with E-state index in [0.717, 1.165) is 12.8 Å². The number of carboxylic acid groups (broad SMARTS) is 1. The van der Waals surface area contributed by atoms with Crippen LogP contribution >= 0.6 is 0 Å². The van der Waals surface area contributed by atoms with Gasteiger partial charge in [0.2, 0.25) is 0 Å². The second kappa shape index (κ2) is 11.0. The Kier molecular flexibility index (Phi) is 9.97. The summed E-state index contributed by atoms with van der Waals surface area (Å²) in [6.07, 6.45) is 6.23. The Morgan fingerprint density at radius 1 is 1.10 bits per heavy atom. The minimum atomic E-state index is -0.879. The van der Waals surface area contributed by atoms with Crippen LogP contribution in [0.5, 0.6) is 0 Å². The van der Waals surface area contributed by atoms with Gasteiger partial charge < -0.3 is 10.2 Å². The fourth-order valence-electron chi connectivity index (χ4n) is 1.43. The first-order valence-electron chi connectivity index (χ1n) is 6.65. The molecule has 0 aromatic heterocycles. The van der Waals surface area contributed by atoms with Gasteiger partial charge in [-0.2, -0.15) is 0 Å². The summed E-state index contributed by atoms with van der Waals surface area (Å²) in [7, 11) is 0. The van der Waals surface area contributed by atoms with E-state index >= 15 is 0 Å². The average Bonchev–Trinajstić information content (AvgIpc) is 2.40. The van der Waals surface area contributed by atoms with Gasteiger partial charge in [-0.15, -0.1) is 0 Å². The molecule has 0 radical (unpaired) electrons. The van der Waals surface area contributed by atoms with Crippen LogP contribution in [0.3, 0.4) is 0 Å². The Morgan fingerprint density at radius 2 is 1.70 bits per heavy atom. The lowest BCUT2D eigenvalue weighted by Crippen LogP contribution is -1.93. The van der Waals surface area contributed by atoms with Crippen LogP contribution in [0.1, 0.15) is 44.0 Å². The lowest BCUT2D eigenvalue weighted by molar-refractivity contribution is 0.0697. The first-order valence-corrected chi connectivity index (χ1v) is 6.65. The molecule has 0 atom stereocenters. The Hall–Kier alpha value is -1.87. The number of benzene rings is 1. The van der Waals surface area contributed by atoms with Gasteiger partial charge in [0.05, 0.1) is 12.2 Å². The molecule has 110 valence electrons. The standard InChI is InChI=1S/C10H18O.C7H6O2/c1-9(2)5-4-6-10(3)7-8-11;8-7(9)6-4-2-1-3-5-6/h5,7,11H,4,6,8H2,1-3H3;1-5H,(H,8,9)/b10-7+;. The molecule has 20 heavy (non-hydrogen) atoms. The SMILES string of the molecule is CC(C)=CCC/C(C)=C/CO.O=C(O)c1ccccc1. The second-order valence-electron chi connectivity index (χ2n) is 4.72. The van der Waals surface area contributed by atoms with Gasteiger partial charge >= 0.3 is 5.97 Å². The molecule has 2 N–H and O–H groups in total. The first kappa shape index (κ1) is 18.1. The van der Waals surface area contributed by atoms with E-state index in [-0.39, 0.29) is 6.61 Å². The molecule has 0 saturated carbocycles. The quantitative estimate of drug-likeness (QED) is 0.797. The molecule has 0 spiro atoms. The van der Waals surface area contributed by atoms with E-state index in [1.54, 1.807) is 30.3 Å². The number of aliphatic hydroxyl groups excluding tert-OH is 1. The lowest BCUT2D eigenvalue weighted by Gasteiger charge is -1.96. The van der Waals surface area contributed by atoms with Crippen LogP contribution in [-0.2, 0) is 0 Å². The van der Waals surface area contributed by atoms with Crippen LogP contribution in [0.25, 0.3) is 0 Å². The summed E-state index contributed by atoms with van der Waals surface area (Å²) < 4.78 is 0. The zero-order chi connectivity index (χ0) is 15.4. The van der Waals surface area contributed by atoms with Gasteiger partial charge in [-0.3, -0.25) is 0 Å². The van der Waals surface area contributed by atoms with Gasteiger partial charge in [0, 0.05) is 0 Å². The second-order valence-corrected chi connectivity index (χ2v) is 4.72. The summed E-state index contributed by atoms with van der Waals surface area (Å²) in [5, 5.41) is 16.9. The number of carboxylic acids is 1. The number of carbonyl (C=O) groups is 1. The van der Waals surface area contributed by atoms with Crippen molar-refractivity contribution in [3.8, 4) is 0 Å².